The summed E-state index contributed by atoms with van der Waals surface area (Å²) in [7, 11) is 0. The average Bonchev–Trinajstić information content (AvgIpc) is 2.70. The number of aromatic nitrogens is 3. The standard InChI is InChI=1S/C20H16F3N5O2/c1-9-13(21)4-5-14-15(9)10(2)16(18(29)28-14)20(22,23)19(30)27-11(3)17-25-7-12(6-24)8-26-17/h4-5,7-8,11H,1-3H3,(H,27,30)(H,28,29)/t11-/m0/s1. The molecule has 0 aliphatic rings. The summed E-state index contributed by atoms with van der Waals surface area (Å²) < 4.78 is 44.0. The number of carbonyl (C=O) groups is 1. The molecule has 0 unspecified atom stereocenters. The lowest BCUT2D eigenvalue weighted by molar-refractivity contribution is -0.148. The van der Waals surface area contributed by atoms with E-state index in [1.54, 1.807) is 0 Å². The smallest absolute Gasteiger partial charge is 0.341 e. The minimum atomic E-state index is -4.20. The highest BCUT2D eigenvalue weighted by molar-refractivity contribution is 5.90. The highest BCUT2D eigenvalue weighted by Crippen LogP contribution is 2.33. The van der Waals surface area contributed by atoms with E-state index in [0.29, 0.717) is 0 Å². The van der Waals surface area contributed by atoms with Gasteiger partial charge in [-0.25, -0.2) is 14.4 Å². The first kappa shape index (κ1) is 21.0. The highest BCUT2D eigenvalue weighted by atomic mass is 19.3. The molecule has 0 spiro atoms. The third-order valence-corrected chi connectivity index (χ3v) is 4.76. The Balaban J connectivity index is 2.00. The molecular formula is C20H16F3N5O2. The maximum absolute atomic E-state index is 15.0. The van der Waals surface area contributed by atoms with Crippen LogP contribution in [0.4, 0.5) is 13.2 Å². The Morgan fingerprint density at radius 1 is 1.23 bits per heavy atom. The summed E-state index contributed by atoms with van der Waals surface area (Å²) in [6.45, 7) is 4.02. The van der Waals surface area contributed by atoms with Crippen molar-refractivity contribution >= 4 is 16.8 Å². The van der Waals surface area contributed by atoms with Crippen molar-refractivity contribution in [2.24, 2.45) is 0 Å². The number of nitrogens with one attached hydrogen (secondary N) is 2. The van der Waals surface area contributed by atoms with Gasteiger partial charge in [-0.1, -0.05) is 0 Å². The molecule has 0 saturated carbocycles. The third-order valence-electron chi connectivity index (χ3n) is 4.76. The van der Waals surface area contributed by atoms with Gasteiger partial charge in [0.05, 0.1) is 17.2 Å². The zero-order chi connectivity index (χ0) is 22.2. The normalized spacial score (nSPS) is 12.4. The summed E-state index contributed by atoms with van der Waals surface area (Å²) in [5, 5.41) is 10.9. The van der Waals surface area contributed by atoms with Crippen molar-refractivity contribution in [1.82, 2.24) is 20.3 Å². The van der Waals surface area contributed by atoms with E-state index < -0.39 is 34.8 Å². The second-order valence-electron chi connectivity index (χ2n) is 6.76. The van der Waals surface area contributed by atoms with Crippen LogP contribution in [0.3, 0.4) is 0 Å². The number of alkyl halides is 2. The number of fused-ring (bicyclic) bond motifs is 1. The molecule has 3 aromatic rings. The predicted octanol–water partition coefficient (Wildman–Crippen LogP) is 2.91. The topological polar surface area (TPSA) is 112 Å². The number of aromatic amines is 1. The summed E-state index contributed by atoms with van der Waals surface area (Å²) in [5.41, 5.74) is -1.95. The van der Waals surface area contributed by atoms with Crippen molar-refractivity contribution in [2.45, 2.75) is 32.7 Å². The Morgan fingerprint density at radius 2 is 1.87 bits per heavy atom. The molecule has 3 rings (SSSR count). The van der Waals surface area contributed by atoms with Crippen molar-refractivity contribution in [2.75, 3.05) is 0 Å². The molecule has 2 N–H and O–H groups in total. The fraction of sp³-hybridized carbons (Fsp3) is 0.250. The second kappa shape index (κ2) is 7.59. The largest absolute Gasteiger partial charge is 0.355 e. The first-order chi connectivity index (χ1) is 14.1. The third kappa shape index (κ3) is 3.50. The van der Waals surface area contributed by atoms with Crippen molar-refractivity contribution in [3.63, 3.8) is 0 Å². The average molecular weight is 415 g/mol. The fourth-order valence-electron chi connectivity index (χ4n) is 3.22. The van der Waals surface area contributed by atoms with E-state index in [4.69, 9.17) is 5.26 Å². The van der Waals surface area contributed by atoms with E-state index in [1.807, 2.05) is 6.07 Å². The molecule has 10 heteroatoms. The quantitative estimate of drug-likeness (QED) is 0.681. The van der Waals surface area contributed by atoms with E-state index in [1.165, 1.54) is 39.2 Å². The minimum absolute atomic E-state index is 0.0141. The summed E-state index contributed by atoms with van der Waals surface area (Å²) >= 11 is 0. The number of amides is 1. The molecule has 154 valence electrons. The maximum atomic E-state index is 15.0. The van der Waals surface area contributed by atoms with Gasteiger partial charge in [-0.15, -0.1) is 0 Å². The van der Waals surface area contributed by atoms with Gasteiger partial charge in [-0.3, -0.25) is 9.59 Å². The Kier molecular flexibility index (Phi) is 5.31. The lowest BCUT2D eigenvalue weighted by Gasteiger charge is -2.21. The molecule has 0 fully saturated rings. The van der Waals surface area contributed by atoms with Crippen molar-refractivity contribution < 1.29 is 18.0 Å². The van der Waals surface area contributed by atoms with Gasteiger partial charge in [0, 0.05) is 23.3 Å². The molecule has 0 bridgehead atoms. The molecule has 2 aromatic heterocycles. The van der Waals surface area contributed by atoms with Gasteiger partial charge in [-0.2, -0.15) is 14.0 Å². The molecule has 7 nitrogen and oxygen atoms in total. The SMILES string of the molecule is Cc1c(F)ccc2[nH]c(=O)c(C(F)(F)C(=O)N[C@@H](C)c3ncc(C#N)cn3)c(C)c12. The van der Waals surface area contributed by atoms with Crippen LogP contribution in [0.15, 0.2) is 29.3 Å². The van der Waals surface area contributed by atoms with Crippen molar-refractivity contribution in [3.05, 3.63) is 68.8 Å². The van der Waals surface area contributed by atoms with Crippen molar-refractivity contribution in [3.8, 4) is 6.07 Å². The van der Waals surface area contributed by atoms with E-state index in [9.17, 15) is 14.0 Å². The zero-order valence-corrected chi connectivity index (χ0v) is 16.2. The summed E-state index contributed by atoms with van der Waals surface area (Å²) in [6, 6.07) is 3.20. The summed E-state index contributed by atoms with van der Waals surface area (Å²) in [6.07, 6.45) is 2.39. The van der Waals surface area contributed by atoms with Crippen LogP contribution in [-0.4, -0.2) is 20.9 Å². The molecule has 1 atom stereocenters. The Bertz CT molecular complexity index is 1250. The van der Waals surface area contributed by atoms with E-state index in [0.717, 1.165) is 6.07 Å². The summed E-state index contributed by atoms with van der Waals surface area (Å²) in [5.74, 6) is -6.54. The monoisotopic (exact) mass is 415 g/mol. The minimum Gasteiger partial charge on any atom is -0.341 e. The maximum Gasteiger partial charge on any atom is 0.355 e. The number of H-pyrrole nitrogens is 1. The molecule has 1 amide bonds. The lowest BCUT2D eigenvalue weighted by atomic mass is 9.96. The predicted molar refractivity (Wildman–Crippen MR) is 101 cm³/mol. The van der Waals surface area contributed by atoms with Crippen LogP contribution >= 0.6 is 0 Å². The Hall–Kier alpha value is -3.74. The molecule has 2 heterocycles. The number of hydrogen-bond donors (Lipinski definition) is 2. The number of carbonyl (C=O) groups excluding carboxylic acids is 1. The van der Waals surface area contributed by atoms with Gasteiger partial charge >= 0.3 is 5.92 Å². The number of benzene rings is 1. The van der Waals surface area contributed by atoms with E-state index in [2.05, 4.69) is 20.3 Å². The van der Waals surface area contributed by atoms with Gasteiger partial charge in [-0.05, 0) is 44.0 Å². The number of hydrogen-bond acceptors (Lipinski definition) is 5. The van der Waals surface area contributed by atoms with Gasteiger partial charge in [0.1, 0.15) is 17.7 Å². The van der Waals surface area contributed by atoms with Crippen LogP contribution in [0.25, 0.3) is 10.9 Å². The van der Waals surface area contributed by atoms with Crippen LogP contribution in [0.2, 0.25) is 0 Å². The first-order valence-corrected chi connectivity index (χ1v) is 8.81. The Labute approximate surface area is 168 Å². The van der Waals surface area contributed by atoms with Gasteiger partial charge in [0.15, 0.2) is 0 Å². The molecule has 0 radical (unpaired) electrons. The van der Waals surface area contributed by atoms with E-state index in [-0.39, 0.29) is 33.4 Å². The van der Waals surface area contributed by atoms with Crippen LogP contribution in [0.1, 0.15) is 41.0 Å². The first-order valence-electron chi connectivity index (χ1n) is 8.81. The van der Waals surface area contributed by atoms with Gasteiger partial charge in [0.25, 0.3) is 11.5 Å². The van der Waals surface area contributed by atoms with E-state index >= 15 is 8.78 Å². The van der Waals surface area contributed by atoms with Crippen LogP contribution in [0, 0.1) is 31.0 Å². The van der Waals surface area contributed by atoms with Crippen LogP contribution in [0.5, 0.6) is 0 Å². The molecule has 0 aliphatic heterocycles. The molecular weight excluding hydrogens is 399 g/mol. The number of aryl methyl sites for hydroxylation is 2. The van der Waals surface area contributed by atoms with Gasteiger partial charge < -0.3 is 10.3 Å². The van der Waals surface area contributed by atoms with Gasteiger partial charge in [0.2, 0.25) is 0 Å². The molecule has 30 heavy (non-hydrogen) atoms. The molecule has 0 aliphatic carbocycles. The fourth-order valence-corrected chi connectivity index (χ4v) is 3.22. The van der Waals surface area contributed by atoms with Crippen molar-refractivity contribution in [1.29, 1.82) is 5.26 Å². The zero-order valence-electron chi connectivity index (χ0n) is 16.2. The molecule has 0 saturated heterocycles. The highest BCUT2D eigenvalue weighted by Gasteiger charge is 2.45. The van der Waals surface area contributed by atoms with Crippen LogP contribution < -0.4 is 10.9 Å². The van der Waals surface area contributed by atoms with Crippen LogP contribution in [-0.2, 0) is 10.7 Å². The number of halogens is 3. The Morgan fingerprint density at radius 3 is 2.47 bits per heavy atom. The molecule has 1 aromatic carbocycles. The summed E-state index contributed by atoms with van der Waals surface area (Å²) in [4.78, 5) is 34.7. The second-order valence-corrected chi connectivity index (χ2v) is 6.76. The number of nitriles is 1. The number of pyridine rings is 1. The number of rotatable bonds is 4. The lowest BCUT2D eigenvalue weighted by Crippen LogP contribution is -2.43. The number of nitrogens with zero attached hydrogens (tertiary/aromatic N) is 3.